The van der Waals surface area contributed by atoms with Crippen LogP contribution in [0, 0.1) is 5.82 Å². The summed E-state index contributed by atoms with van der Waals surface area (Å²) in [6.07, 6.45) is 1.84. The quantitative estimate of drug-likeness (QED) is 0.560. The van der Waals surface area contributed by atoms with Gasteiger partial charge in [0.05, 0.1) is 18.5 Å². The van der Waals surface area contributed by atoms with Crippen molar-refractivity contribution in [2.24, 2.45) is 0 Å². The molecule has 0 amide bonds. The van der Waals surface area contributed by atoms with Gasteiger partial charge in [0, 0.05) is 18.7 Å². The molecule has 0 spiro atoms. The molecule has 0 saturated heterocycles. The Morgan fingerprint density at radius 2 is 2.04 bits per heavy atom. The van der Waals surface area contributed by atoms with E-state index in [1.807, 2.05) is 16.5 Å². The van der Waals surface area contributed by atoms with Crippen molar-refractivity contribution >= 4 is 32.8 Å². The highest BCUT2D eigenvalue weighted by Gasteiger charge is 2.15. The van der Waals surface area contributed by atoms with Crippen LogP contribution in [0.2, 0.25) is 0 Å². The average Bonchev–Trinajstić information content (AvgIpc) is 3.31. The normalized spacial score (nSPS) is 11.3. The van der Waals surface area contributed by atoms with Crippen molar-refractivity contribution in [1.29, 1.82) is 0 Å². The lowest BCUT2D eigenvalue weighted by molar-refractivity contribution is 0.301. The highest BCUT2D eigenvalue weighted by Crippen LogP contribution is 2.28. The smallest absolute Gasteiger partial charge is 0.214 e. The summed E-state index contributed by atoms with van der Waals surface area (Å²) in [6, 6.07) is 8.33. The summed E-state index contributed by atoms with van der Waals surface area (Å²) in [4.78, 5) is 7.39. The summed E-state index contributed by atoms with van der Waals surface area (Å²) in [7, 11) is 0. The molecule has 0 fully saturated rings. The Bertz CT molecular complexity index is 931. The van der Waals surface area contributed by atoms with Crippen molar-refractivity contribution in [2.75, 3.05) is 18.1 Å². The van der Waals surface area contributed by atoms with Crippen LogP contribution in [-0.2, 0) is 6.54 Å². The van der Waals surface area contributed by atoms with E-state index in [0.717, 1.165) is 21.3 Å². The molecule has 4 aromatic rings. The molecular formula is C17H15FN4OS2. The SMILES string of the molecule is OCCN(Cc1ccsc1)c1nn2cc(-c3ccc(F)cc3)nc2s1. The zero-order valence-electron chi connectivity index (χ0n) is 13.2. The largest absolute Gasteiger partial charge is 0.395 e. The van der Waals surface area contributed by atoms with E-state index in [4.69, 9.17) is 0 Å². The standard InChI is InChI=1S/C17H15FN4OS2/c18-14-3-1-13(2-4-14)15-10-22-16(19-15)25-17(20-22)21(6-7-23)9-12-5-8-24-11-12/h1-5,8,10-11,23H,6-7,9H2. The fourth-order valence-corrected chi connectivity index (χ4v) is 4.11. The predicted octanol–water partition coefficient (Wildman–Crippen LogP) is 3.66. The van der Waals surface area contributed by atoms with Crippen LogP contribution in [0.4, 0.5) is 9.52 Å². The molecule has 1 N–H and O–H groups in total. The fourth-order valence-electron chi connectivity index (χ4n) is 2.54. The van der Waals surface area contributed by atoms with Crippen LogP contribution >= 0.6 is 22.7 Å². The van der Waals surface area contributed by atoms with Crippen molar-refractivity contribution in [3.8, 4) is 11.3 Å². The Kier molecular flexibility index (Phi) is 4.48. The number of hydrogen-bond donors (Lipinski definition) is 1. The number of thiophene rings is 1. The molecule has 3 aromatic heterocycles. The Morgan fingerprint density at radius 3 is 2.72 bits per heavy atom. The summed E-state index contributed by atoms with van der Waals surface area (Å²) in [5.41, 5.74) is 2.81. The summed E-state index contributed by atoms with van der Waals surface area (Å²) in [5.74, 6) is -0.266. The van der Waals surface area contributed by atoms with Gasteiger partial charge in [-0.15, -0.1) is 5.10 Å². The van der Waals surface area contributed by atoms with E-state index < -0.39 is 0 Å². The number of aliphatic hydroxyl groups excluding tert-OH is 1. The summed E-state index contributed by atoms with van der Waals surface area (Å²) < 4.78 is 14.8. The summed E-state index contributed by atoms with van der Waals surface area (Å²) in [5, 5.41) is 18.9. The van der Waals surface area contributed by atoms with Crippen LogP contribution in [0.5, 0.6) is 0 Å². The molecule has 0 radical (unpaired) electrons. The first-order chi connectivity index (χ1) is 12.2. The highest BCUT2D eigenvalue weighted by atomic mass is 32.1. The third kappa shape index (κ3) is 3.41. The molecule has 5 nitrogen and oxygen atoms in total. The maximum absolute atomic E-state index is 13.1. The number of anilines is 1. The first kappa shape index (κ1) is 16.2. The lowest BCUT2D eigenvalue weighted by Gasteiger charge is -2.19. The van der Waals surface area contributed by atoms with Gasteiger partial charge in [0.25, 0.3) is 0 Å². The third-order valence-electron chi connectivity index (χ3n) is 3.77. The van der Waals surface area contributed by atoms with E-state index in [-0.39, 0.29) is 12.4 Å². The lowest BCUT2D eigenvalue weighted by atomic mass is 10.2. The van der Waals surface area contributed by atoms with E-state index in [1.165, 1.54) is 29.0 Å². The van der Waals surface area contributed by atoms with Gasteiger partial charge in [0.2, 0.25) is 10.1 Å². The minimum absolute atomic E-state index is 0.0624. The Labute approximate surface area is 151 Å². The minimum Gasteiger partial charge on any atom is -0.395 e. The molecule has 0 aliphatic carbocycles. The van der Waals surface area contributed by atoms with E-state index in [2.05, 4.69) is 21.5 Å². The van der Waals surface area contributed by atoms with E-state index in [1.54, 1.807) is 28.0 Å². The maximum atomic E-state index is 13.1. The van der Waals surface area contributed by atoms with Gasteiger partial charge in [-0.1, -0.05) is 11.3 Å². The van der Waals surface area contributed by atoms with Crippen LogP contribution in [0.1, 0.15) is 5.56 Å². The minimum atomic E-state index is -0.266. The molecule has 0 atom stereocenters. The molecule has 25 heavy (non-hydrogen) atoms. The van der Waals surface area contributed by atoms with Gasteiger partial charge in [-0.3, -0.25) is 0 Å². The molecule has 128 valence electrons. The predicted molar refractivity (Wildman–Crippen MR) is 98.7 cm³/mol. The number of rotatable bonds is 6. The number of nitrogens with zero attached hydrogens (tertiary/aromatic N) is 4. The Hall–Kier alpha value is -2.29. The van der Waals surface area contributed by atoms with Crippen LogP contribution < -0.4 is 4.90 Å². The number of hydrogen-bond acceptors (Lipinski definition) is 6. The molecule has 0 aliphatic rings. The number of benzene rings is 1. The van der Waals surface area contributed by atoms with Gasteiger partial charge in [-0.05, 0) is 46.7 Å². The van der Waals surface area contributed by atoms with Gasteiger partial charge >= 0.3 is 0 Å². The number of aliphatic hydroxyl groups is 1. The van der Waals surface area contributed by atoms with Gasteiger partial charge in [-0.25, -0.2) is 13.9 Å². The molecular weight excluding hydrogens is 359 g/mol. The number of aromatic nitrogens is 3. The maximum Gasteiger partial charge on any atom is 0.214 e. The van der Waals surface area contributed by atoms with Gasteiger partial charge in [0.1, 0.15) is 5.82 Å². The van der Waals surface area contributed by atoms with E-state index >= 15 is 0 Å². The molecule has 0 unspecified atom stereocenters. The Balaban J connectivity index is 1.62. The zero-order valence-corrected chi connectivity index (χ0v) is 14.8. The van der Waals surface area contributed by atoms with Crippen molar-refractivity contribution in [1.82, 2.24) is 14.6 Å². The first-order valence-corrected chi connectivity index (χ1v) is 9.48. The van der Waals surface area contributed by atoms with Crippen molar-refractivity contribution in [3.05, 3.63) is 58.7 Å². The van der Waals surface area contributed by atoms with Crippen molar-refractivity contribution in [3.63, 3.8) is 0 Å². The van der Waals surface area contributed by atoms with Crippen LogP contribution in [0.15, 0.2) is 47.3 Å². The topological polar surface area (TPSA) is 53.7 Å². The highest BCUT2D eigenvalue weighted by molar-refractivity contribution is 7.20. The van der Waals surface area contributed by atoms with Crippen LogP contribution in [0.25, 0.3) is 16.2 Å². The number of fused-ring (bicyclic) bond motifs is 1. The third-order valence-corrected chi connectivity index (χ3v) is 5.48. The zero-order chi connectivity index (χ0) is 17.2. The molecule has 1 aromatic carbocycles. The molecule has 4 rings (SSSR count). The van der Waals surface area contributed by atoms with Crippen molar-refractivity contribution in [2.45, 2.75) is 6.54 Å². The molecule has 0 saturated carbocycles. The Morgan fingerprint density at radius 1 is 1.20 bits per heavy atom. The van der Waals surface area contributed by atoms with Gasteiger partial charge in [-0.2, -0.15) is 11.3 Å². The summed E-state index contributed by atoms with van der Waals surface area (Å²) in [6.45, 7) is 1.27. The van der Waals surface area contributed by atoms with E-state index in [0.29, 0.717) is 13.1 Å². The van der Waals surface area contributed by atoms with Gasteiger partial charge < -0.3 is 10.0 Å². The van der Waals surface area contributed by atoms with Gasteiger partial charge in [0.15, 0.2) is 0 Å². The fraction of sp³-hybridized carbons (Fsp3) is 0.176. The second-order valence-corrected chi connectivity index (χ2v) is 7.24. The first-order valence-electron chi connectivity index (χ1n) is 7.72. The molecule has 3 heterocycles. The lowest BCUT2D eigenvalue weighted by Crippen LogP contribution is -2.25. The molecule has 0 aliphatic heterocycles. The second kappa shape index (κ2) is 6.91. The summed E-state index contributed by atoms with van der Waals surface area (Å²) >= 11 is 3.12. The monoisotopic (exact) mass is 374 g/mol. The van der Waals surface area contributed by atoms with E-state index in [9.17, 15) is 9.50 Å². The number of halogens is 1. The van der Waals surface area contributed by atoms with Crippen molar-refractivity contribution < 1.29 is 9.50 Å². The second-order valence-electron chi connectivity index (χ2n) is 5.52. The molecule has 0 bridgehead atoms. The average molecular weight is 374 g/mol. The number of imidazole rings is 1. The van der Waals surface area contributed by atoms with Crippen LogP contribution in [-0.4, -0.2) is 32.9 Å². The van der Waals surface area contributed by atoms with Crippen LogP contribution in [0.3, 0.4) is 0 Å². The molecule has 8 heteroatoms.